The number of para-hydroxylation sites is 1. The fourth-order valence-electron chi connectivity index (χ4n) is 5.87. The number of ether oxygens (including phenoxy) is 1. The van der Waals surface area contributed by atoms with Gasteiger partial charge in [0.25, 0.3) is 11.8 Å². The van der Waals surface area contributed by atoms with Crippen molar-refractivity contribution in [3.8, 4) is 0 Å². The molecule has 0 radical (unpaired) electrons. The predicted octanol–water partition coefficient (Wildman–Crippen LogP) is 3.86. The number of nitrogens with one attached hydrogen (secondary N) is 2. The molecular weight excluding hydrogens is 576 g/mol. The van der Waals surface area contributed by atoms with Crippen LogP contribution in [0.2, 0.25) is 0 Å². The van der Waals surface area contributed by atoms with Gasteiger partial charge < -0.3 is 14.5 Å². The van der Waals surface area contributed by atoms with Gasteiger partial charge in [-0.3, -0.25) is 39.2 Å². The SMILES string of the molecule is O=C1CCC(N2C(=O)c3cccc(CCCCCOCC(=O)NC(c4cccnc4)c4cc5ccccc5o4)c3C2=O)C(=O)N1. The number of aromatic nitrogens is 1. The number of nitrogens with zero attached hydrogens (tertiary/aromatic N) is 2. The first-order chi connectivity index (χ1) is 21.9. The molecule has 2 aliphatic heterocycles. The monoisotopic (exact) mass is 608 g/mol. The van der Waals surface area contributed by atoms with Crippen molar-refractivity contribution in [2.75, 3.05) is 13.2 Å². The Morgan fingerprint density at radius 2 is 1.89 bits per heavy atom. The topological polar surface area (TPSA) is 148 Å². The van der Waals surface area contributed by atoms with Gasteiger partial charge in [-0.1, -0.05) is 42.8 Å². The summed E-state index contributed by atoms with van der Waals surface area (Å²) in [6, 6.07) is 16.9. The van der Waals surface area contributed by atoms with Crippen molar-refractivity contribution in [1.82, 2.24) is 20.5 Å². The van der Waals surface area contributed by atoms with Crippen LogP contribution in [0, 0.1) is 0 Å². The first kappa shape index (κ1) is 29.9. The fraction of sp³-hybridized carbons (Fsp3) is 0.294. The molecule has 230 valence electrons. The number of carbonyl (C=O) groups is 5. The number of unbranched alkanes of at least 4 members (excludes halogenated alkanes) is 2. The number of aryl methyl sites for hydroxylation is 1. The molecule has 4 heterocycles. The number of hydrogen-bond donors (Lipinski definition) is 2. The van der Waals surface area contributed by atoms with Crippen LogP contribution >= 0.6 is 0 Å². The van der Waals surface area contributed by atoms with E-state index in [-0.39, 0.29) is 30.9 Å². The van der Waals surface area contributed by atoms with E-state index in [1.807, 2.05) is 42.5 Å². The number of fused-ring (bicyclic) bond motifs is 2. The number of piperidine rings is 1. The maximum Gasteiger partial charge on any atom is 0.262 e. The average molecular weight is 609 g/mol. The van der Waals surface area contributed by atoms with Gasteiger partial charge in [0, 0.05) is 36.4 Å². The highest BCUT2D eigenvalue weighted by Crippen LogP contribution is 2.31. The minimum atomic E-state index is -0.990. The van der Waals surface area contributed by atoms with E-state index in [0.717, 1.165) is 39.8 Å². The van der Waals surface area contributed by atoms with Crippen molar-refractivity contribution < 1.29 is 33.1 Å². The standard InChI is InChI=1S/C34H32N4O7/c39-28-15-14-25(32(41)37-28)38-33(42)24-12-6-10-21(30(24)34(38)43)8-2-1-5-17-44-20-29(40)36-31(23-11-7-16-35-19-23)27-18-22-9-3-4-13-26(22)45-27/h3-4,6-7,9-13,16,18-19,25,31H,1-2,5,8,14-15,17,20H2,(H,36,40)(H,37,39,41). The lowest BCUT2D eigenvalue weighted by atomic mass is 9.98. The largest absolute Gasteiger partial charge is 0.459 e. The number of imide groups is 2. The molecule has 11 heteroatoms. The van der Waals surface area contributed by atoms with Gasteiger partial charge in [-0.15, -0.1) is 0 Å². The summed E-state index contributed by atoms with van der Waals surface area (Å²) in [7, 11) is 0. The average Bonchev–Trinajstić information content (AvgIpc) is 3.58. The zero-order valence-corrected chi connectivity index (χ0v) is 24.5. The first-order valence-corrected chi connectivity index (χ1v) is 15.0. The lowest BCUT2D eigenvalue weighted by Gasteiger charge is -2.27. The molecule has 2 aromatic heterocycles. The van der Waals surface area contributed by atoms with Gasteiger partial charge in [-0.2, -0.15) is 0 Å². The molecule has 4 aromatic rings. The van der Waals surface area contributed by atoms with Crippen LogP contribution in [0.3, 0.4) is 0 Å². The van der Waals surface area contributed by atoms with Gasteiger partial charge in [0.1, 0.15) is 30.0 Å². The van der Waals surface area contributed by atoms with Crippen molar-refractivity contribution >= 4 is 40.5 Å². The quantitative estimate of drug-likeness (QED) is 0.182. The van der Waals surface area contributed by atoms with E-state index in [2.05, 4.69) is 15.6 Å². The van der Waals surface area contributed by atoms with Crippen LogP contribution in [0.4, 0.5) is 0 Å². The Bertz CT molecular complexity index is 1730. The van der Waals surface area contributed by atoms with Gasteiger partial charge >= 0.3 is 0 Å². The Kier molecular flexibility index (Phi) is 8.79. The van der Waals surface area contributed by atoms with Crippen LogP contribution in [0.1, 0.15) is 75.7 Å². The molecule has 1 fully saturated rings. The molecular formula is C34H32N4O7. The third-order valence-corrected chi connectivity index (χ3v) is 8.07. The van der Waals surface area contributed by atoms with E-state index in [9.17, 15) is 24.0 Å². The van der Waals surface area contributed by atoms with Crippen LogP contribution in [-0.2, 0) is 25.5 Å². The van der Waals surface area contributed by atoms with E-state index in [1.54, 1.807) is 30.6 Å². The molecule has 0 bridgehead atoms. The summed E-state index contributed by atoms with van der Waals surface area (Å²) >= 11 is 0. The smallest absolute Gasteiger partial charge is 0.262 e. The number of amides is 5. The van der Waals surface area contributed by atoms with Crippen molar-refractivity contribution in [3.05, 3.63) is 101 Å². The minimum Gasteiger partial charge on any atom is -0.459 e. The Morgan fingerprint density at radius 1 is 1.02 bits per heavy atom. The van der Waals surface area contributed by atoms with Gasteiger partial charge in [0.2, 0.25) is 17.7 Å². The van der Waals surface area contributed by atoms with Crippen LogP contribution in [0.25, 0.3) is 11.0 Å². The van der Waals surface area contributed by atoms with Crippen LogP contribution in [0.15, 0.2) is 77.5 Å². The lowest BCUT2D eigenvalue weighted by Crippen LogP contribution is -2.54. The zero-order chi connectivity index (χ0) is 31.3. The number of furan rings is 1. The van der Waals surface area contributed by atoms with Crippen molar-refractivity contribution in [2.24, 2.45) is 0 Å². The molecule has 2 atom stereocenters. The van der Waals surface area contributed by atoms with E-state index < -0.39 is 35.7 Å². The summed E-state index contributed by atoms with van der Waals surface area (Å²) in [6.45, 7) is 0.263. The highest BCUT2D eigenvalue weighted by Gasteiger charge is 2.45. The van der Waals surface area contributed by atoms with Gasteiger partial charge in [-0.25, -0.2) is 0 Å². The number of pyridine rings is 1. The third-order valence-electron chi connectivity index (χ3n) is 8.07. The molecule has 2 aliphatic rings. The van der Waals surface area contributed by atoms with Crippen molar-refractivity contribution in [2.45, 2.75) is 50.6 Å². The Hall–Kier alpha value is -5.16. The van der Waals surface area contributed by atoms with E-state index >= 15 is 0 Å². The second kappa shape index (κ2) is 13.2. The maximum atomic E-state index is 13.3. The summed E-state index contributed by atoms with van der Waals surface area (Å²) in [4.78, 5) is 68.2. The Labute approximate surface area is 258 Å². The fourth-order valence-corrected chi connectivity index (χ4v) is 5.87. The van der Waals surface area contributed by atoms with Crippen LogP contribution in [0.5, 0.6) is 0 Å². The van der Waals surface area contributed by atoms with Gasteiger partial charge in [0.05, 0.1) is 11.1 Å². The lowest BCUT2D eigenvalue weighted by molar-refractivity contribution is -0.136. The third kappa shape index (κ3) is 6.39. The molecule has 11 nitrogen and oxygen atoms in total. The molecule has 2 N–H and O–H groups in total. The minimum absolute atomic E-state index is 0.0762. The molecule has 2 unspecified atom stereocenters. The molecule has 0 aliphatic carbocycles. The first-order valence-electron chi connectivity index (χ1n) is 15.0. The highest BCUT2D eigenvalue weighted by molar-refractivity contribution is 6.24. The molecule has 0 spiro atoms. The van der Waals surface area contributed by atoms with Crippen molar-refractivity contribution in [1.29, 1.82) is 0 Å². The van der Waals surface area contributed by atoms with Gasteiger partial charge in [-0.05, 0) is 55.5 Å². The molecule has 6 rings (SSSR count). The van der Waals surface area contributed by atoms with E-state index in [4.69, 9.17) is 9.15 Å². The Morgan fingerprint density at radius 3 is 2.69 bits per heavy atom. The normalized spacial score (nSPS) is 17.0. The Balaban J connectivity index is 0.978. The number of benzene rings is 2. The van der Waals surface area contributed by atoms with Crippen LogP contribution in [-0.4, -0.2) is 58.7 Å². The number of rotatable bonds is 12. The second-order valence-corrected chi connectivity index (χ2v) is 11.1. The van der Waals surface area contributed by atoms with E-state index in [1.165, 1.54) is 0 Å². The van der Waals surface area contributed by atoms with Crippen LogP contribution < -0.4 is 10.6 Å². The molecule has 0 saturated carbocycles. The van der Waals surface area contributed by atoms with Gasteiger partial charge in [0.15, 0.2) is 0 Å². The van der Waals surface area contributed by atoms with E-state index in [0.29, 0.717) is 30.8 Å². The molecule has 2 aromatic carbocycles. The number of hydrogen-bond acceptors (Lipinski definition) is 8. The summed E-state index contributed by atoms with van der Waals surface area (Å²) in [5, 5.41) is 6.15. The highest BCUT2D eigenvalue weighted by atomic mass is 16.5. The summed E-state index contributed by atoms with van der Waals surface area (Å²) in [5.74, 6) is -1.73. The summed E-state index contributed by atoms with van der Waals surface area (Å²) < 4.78 is 11.7. The number of carbonyl (C=O) groups excluding carboxylic acids is 5. The summed E-state index contributed by atoms with van der Waals surface area (Å²) in [5.41, 5.74) is 2.87. The molecule has 45 heavy (non-hydrogen) atoms. The summed E-state index contributed by atoms with van der Waals surface area (Å²) in [6.07, 6.45) is 6.34. The second-order valence-electron chi connectivity index (χ2n) is 11.1. The van der Waals surface area contributed by atoms with Crippen molar-refractivity contribution in [3.63, 3.8) is 0 Å². The molecule has 1 saturated heterocycles. The zero-order valence-electron chi connectivity index (χ0n) is 24.5. The predicted molar refractivity (Wildman–Crippen MR) is 162 cm³/mol. The maximum absolute atomic E-state index is 13.3. The molecule has 5 amide bonds.